The largest absolute Gasteiger partial charge is 0.273 e. The summed E-state index contributed by atoms with van der Waals surface area (Å²) >= 11 is 2.33. The lowest BCUT2D eigenvalue weighted by atomic mass is 10.1. The first kappa shape index (κ1) is 13.4. The standard InChI is InChI=1S/C15H15IN4/c1-19-15(5-7-17-19)6-8-20-11-13(10-18-20)12-3-2-4-14(16)9-12/h2-5,7,9-11H,6,8H2,1H3. The van der Waals surface area contributed by atoms with Crippen molar-refractivity contribution in [1.29, 1.82) is 0 Å². The second-order valence-corrected chi connectivity index (χ2v) is 5.94. The minimum atomic E-state index is 0.865. The Morgan fingerprint density at radius 1 is 1.15 bits per heavy atom. The van der Waals surface area contributed by atoms with Gasteiger partial charge in [0, 0.05) is 47.2 Å². The zero-order chi connectivity index (χ0) is 13.9. The maximum Gasteiger partial charge on any atom is 0.0568 e. The molecule has 0 saturated carbocycles. The van der Waals surface area contributed by atoms with Crippen molar-refractivity contribution in [3.8, 4) is 11.1 Å². The zero-order valence-electron chi connectivity index (χ0n) is 11.2. The molecule has 0 amide bonds. The number of hydrogen-bond donors (Lipinski definition) is 0. The van der Waals surface area contributed by atoms with Crippen LogP contribution in [0.1, 0.15) is 5.69 Å². The van der Waals surface area contributed by atoms with Crippen LogP contribution in [0.15, 0.2) is 48.9 Å². The molecule has 1 aromatic carbocycles. The van der Waals surface area contributed by atoms with Gasteiger partial charge in [0.2, 0.25) is 0 Å². The predicted molar refractivity (Wildman–Crippen MR) is 87.3 cm³/mol. The van der Waals surface area contributed by atoms with Crippen LogP contribution in [0.4, 0.5) is 0 Å². The molecule has 0 spiro atoms. The fraction of sp³-hybridized carbons (Fsp3) is 0.200. The summed E-state index contributed by atoms with van der Waals surface area (Å²) < 4.78 is 5.13. The van der Waals surface area contributed by atoms with Crippen molar-refractivity contribution in [2.75, 3.05) is 0 Å². The molecule has 5 heteroatoms. The molecule has 2 heterocycles. The van der Waals surface area contributed by atoms with E-state index >= 15 is 0 Å². The lowest BCUT2D eigenvalue weighted by molar-refractivity contribution is 0.586. The Balaban J connectivity index is 1.72. The van der Waals surface area contributed by atoms with Gasteiger partial charge < -0.3 is 0 Å². The second kappa shape index (κ2) is 5.78. The fourth-order valence-corrected chi connectivity index (χ4v) is 2.72. The molecule has 0 bridgehead atoms. The summed E-state index contributed by atoms with van der Waals surface area (Å²) in [7, 11) is 1.97. The summed E-state index contributed by atoms with van der Waals surface area (Å²) in [6.45, 7) is 0.865. The molecule has 0 atom stereocenters. The van der Waals surface area contributed by atoms with Crippen LogP contribution < -0.4 is 0 Å². The second-order valence-electron chi connectivity index (χ2n) is 4.70. The highest BCUT2D eigenvalue weighted by Crippen LogP contribution is 2.20. The quantitative estimate of drug-likeness (QED) is 0.654. The van der Waals surface area contributed by atoms with Crippen molar-refractivity contribution in [2.45, 2.75) is 13.0 Å². The number of aryl methyl sites for hydroxylation is 3. The molecule has 0 aliphatic carbocycles. The molecule has 0 unspecified atom stereocenters. The Kier molecular flexibility index (Phi) is 3.86. The Hall–Kier alpha value is -1.63. The van der Waals surface area contributed by atoms with E-state index in [9.17, 15) is 0 Å². The number of aromatic nitrogens is 4. The third-order valence-electron chi connectivity index (χ3n) is 3.31. The van der Waals surface area contributed by atoms with Crippen molar-refractivity contribution in [1.82, 2.24) is 19.6 Å². The normalized spacial score (nSPS) is 10.9. The Labute approximate surface area is 131 Å². The van der Waals surface area contributed by atoms with E-state index in [4.69, 9.17) is 0 Å². The van der Waals surface area contributed by atoms with Crippen molar-refractivity contribution in [3.63, 3.8) is 0 Å². The van der Waals surface area contributed by atoms with Gasteiger partial charge in [-0.2, -0.15) is 10.2 Å². The number of nitrogens with zero attached hydrogens (tertiary/aromatic N) is 4. The van der Waals surface area contributed by atoms with E-state index in [0.717, 1.165) is 18.5 Å². The SMILES string of the molecule is Cn1nccc1CCn1cc(-c2cccc(I)c2)cn1. The van der Waals surface area contributed by atoms with Gasteiger partial charge in [-0.3, -0.25) is 9.36 Å². The number of rotatable bonds is 4. The summed E-state index contributed by atoms with van der Waals surface area (Å²) in [5.74, 6) is 0. The smallest absolute Gasteiger partial charge is 0.0568 e. The minimum Gasteiger partial charge on any atom is -0.273 e. The highest BCUT2D eigenvalue weighted by Gasteiger charge is 2.04. The molecule has 2 aromatic heterocycles. The summed E-state index contributed by atoms with van der Waals surface area (Å²) in [5, 5.41) is 8.61. The highest BCUT2D eigenvalue weighted by atomic mass is 127. The van der Waals surface area contributed by atoms with Crippen LogP contribution in [0.5, 0.6) is 0 Å². The zero-order valence-corrected chi connectivity index (χ0v) is 13.4. The van der Waals surface area contributed by atoms with Gasteiger partial charge in [-0.15, -0.1) is 0 Å². The molecule has 4 nitrogen and oxygen atoms in total. The number of halogens is 1. The fourth-order valence-electron chi connectivity index (χ4n) is 2.18. The first-order chi connectivity index (χ1) is 9.72. The summed E-state index contributed by atoms with van der Waals surface area (Å²) in [5.41, 5.74) is 3.59. The van der Waals surface area contributed by atoms with Crippen LogP contribution in [-0.2, 0) is 20.0 Å². The molecule has 0 aliphatic heterocycles. The van der Waals surface area contributed by atoms with E-state index in [1.807, 2.05) is 34.9 Å². The maximum atomic E-state index is 4.44. The van der Waals surface area contributed by atoms with Crippen LogP contribution in [0.2, 0.25) is 0 Å². The van der Waals surface area contributed by atoms with Crippen LogP contribution >= 0.6 is 22.6 Å². The molecular formula is C15H15IN4. The molecular weight excluding hydrogens is 363 g/mol. The molecule has 20 heavy (non-hydrogen) atoms. The molecule has 3 aromatic rings. The van der Waals surface area contributed by atoms with Crippen LogP contribution in [0.25, 0.3) is 11.1 Å². The predicted octanol–water partition coefficient (Wildman–Crippen LogP) is 3.13. The van der Waals surface area contributed by atoms with E-state index in [1.165, 1.54) is 14.8 Å². The Morgan fingerprint density at radius 2 is 2.05 bits per heavy atom. The van der Waals surface area contributed by atoms with Gasteiger partial charge in [0.15, 0.2) is 0 Å². The molecule has 3 rings (SSSR count). The molecule has 0 fully saturated rings. The molecule has 102 valence electrons. The Morgan fingerprint density at radius 3 is 2.80 bits per heavy atom. The molecule has 0 radical (unpaired) electrons. The van der Waals surface area contributed by atoms with Gasteiger partial charge in [0.1, 0.15) is 0 Å². The van der Waals surface area contributed by atoms with Crippen molar-refractivity contribution in [2.24, 2.45) is 7.05 Å². The van der Waals surface area contributed by atoms with Crippen molar-refractivity contribution in [3.05, 3.63) is 58.2 Å². The average Bonchev–Trinajstić information content (AvgIpc) is 3.05. The molecule has 0 N–H and O–H groups in total. The minimum absolute atomic E-state index is 0.865. The van der Waals surface area contributed by atoms with E-state index in [1.54, 1.807) is 0 Å². The summed E-state index contributed by atoms with van der Waals surface area (Å²) in [6, 6.07) is 10.5. The van der Waals surface area contributed by atoms with Gasteiger partial charge in [-0.1, -0.05) is 12.1 Å². The first-order valence-electron chi connectivity index (χ1n) is 6.47. The van der Waals surface area contributed by atoms with Crippen LogP contribution in [-0.4, -0.2) is 19.6 Å². The van der Waals surface area contributed by atoms with Gasteiger partial charge >= 0.3 is 0 Å². The lowest BCUT2D eigenvalue weighted by Crippen LogP contribution is -2.05. The van der Waals surface area contributed by atoms with Crippen LogP contribution in [0, 0.1) is 3.57 Å². The van der Waals surface area contributed by atoms with Gasteiger partial charge in [0.25, 0.3) is 0 Å². The Bertz CT molecular complexity index is 714. The van der Waals surface area contributed by atoms with Gasteiger partial charge in [0.05, 0.1) is 6.20 Å². The summed E-state index contributed by atoms with van der Waals surface area (Å²) in [4.78, 5) is 0. The molecule has 0 saturated heterocycles. The topological polar surface area (TPSA) is 35.6 Å². The van der Waals surface area contributed by atoms with Gasteiger partial charge in [-0.05, 0) is 46.4 Å². The number of benzene rings is 1. The van der Waals surface area contributed by atoms with Crippen LogP contribution in [0.3, 0.4) is 0 Å². The van der Waals surface area contributed by atoms with Gasteiger partial charge in [-0.25, -0.2) is 0 Å². The van der Waals surface area contributed by atoms with E-state index in [2.05, 4.69) is 63.3 Å². The maximum absolute atomic E-state index is 4.44. The highest BCUT2D eigenvalue weighted by molar-refractivity contribution is 14.1. The lowest BCUT2D eigenvalue weighted by Gasteiger charge is -2.02. The third-order valence-corrected chi connectivity index (χ3v) is 3.98. The molecule has 0 aliphatic rings. The summed E-state index contributed by atoms with van der Waals surface area (Å²) in [6.07, 6.45) is 6.79. The van der Waals surface area contributed by atoms with Crippen molar-refractivity contribution < 1.29 is 0 Å². The third kappa shape index (κ3) is 2.92. The number of hydrogen-bond acceptors (Lipinski definition) is 2. The monoisotopic (exact) mass is 378 g/mol. The van der Waals surface area contributed by atoms with Crippen molar-refractivity contribution >= 4 is 22.6 Å². The van der Waals surface area contributed by atoms with E-state index < -0.39 is 0 Å². The van der Waals surface area contributed by atoms with E-state index in [0.29, 0.717) is 0 Å². The first-order valence-corrected chi connectivity index (χ1v) is 7.55. The van der Waals surface area contributed by atoms with E-state index in [-0.39, 0.29) is 0 Å². The average molecular weight is 378 g/mol.